The minimum absolute atomic E-state index is 0.264. The quantitative estimate of drug-likeness (QED) is 0.887. The van der Waals surface area contributed by atoms with Crippen molar-refractivity contribution in [3.8, 4) is 5.75 Å². The first-order valence-electron chi connectivity index (χ1n) is 6.32. The van der Waals surface area contributed by atoms with Crippen molar-refractivity contribution < 1.29 is 14.2 Å². The highest BCUT2D eigenvalue weighted by atomic mass is 79.9. The van der Waals surface area contributed by atoms with Crippen molar-refractivity contribution in [1.29, 1.82) is 0 Å². The highest BCUT2D eigenvalue weighted by molar-refractivity contribution is 9.10. The molecular weight excluding hydrogens is 323 g/mol. The van der Waals surface area contributed by atoms with Crippen LogP contribution in [0.15, 0.2) is 40.9 Å². The van der Waals surface area contributed by atoms with Gasteiger partial charge in [-0.3, -0.25) is 0 Å². The van der Waals surface area contributed by atoms with Crippen LogP contribution in [0.5, 0.6) is 5.75 Å². The van der Waals surface area contributed by atoms with Crippen molar-refractivity contribution in [2.45, 2.75) is 26.6 Å². The molecule has 1 N–H and O–H groups in total. The summed E-state index contributed by atoms with van der Waals surface area (Å²) in [5, 5.41) is 9.74. The Morgan fingerprint density at radius 2 is 2.00 bits per heavy atom. The number of aliphatic hydroxyl groups is 1. The van der Waals surface area contributed by atoms with Gasteiger partial charge >= 0.3 is 0 Å². The summed E-state index contributed by atoms with van der Waals surface area (Å²) in [6.07, 6.45) is -0.619. The maximum atomic E-state index is 13.2. The second-order valence-electron chi connectivity index (χ2n) is 4.72. The predicted molar refractivity (Wildman–Crippen MR) is 80.2 cm³/mol. The Balaban J connectivity index is 2.22. The molecular formula is C16H16BrFO2. The standard InChI is InChI=1S/C16H16BrFO2/c1-10-3-5-14(18)7-12(10)9-20-16-8-13(17)4-6-15(16)11(2)19/h3-8,11,19H,9H2,1-2H3/t11-/m1/s1. The minimum Gasteiger partial charge on any atom is -0.488 e. The Labute approximate surface area is 126 Å². The second-order valence-corrected chi connectivity index (χ2v) is 5.63. The maximum absolute atomic E-state index is 13.2. The molecule has 0 aliphatic heterocycles. The van der Waals surface area contributed by atoms with Crippen molar-refractivity contribution >= 4 is 15.9 Å². The molecule has 2 aromatic carbocycles. The average molecular weight is 339 g/mol. The van der Waals surface area contributed by atoms with E-state index in [2.05, 4.69) is 15.9 Å². The third-order valence-electron chi connectivity index (χ3n) is 3.12. The van der Waals surface area contributed by atoms with Gasteiger partial charge in [0.15, 0.2) is 0 Å². The second kappa shape index (κ2) is 6.37. The van der Waals surface area contributed by atoms with Gasteiger partial charge in [-0.2, -0.15) is 0 Å². The Kier molecular flexibility index (Phi) is 4.78. The van der Waals surface area contributed by atoms with Crippen LogP contribution < -0.4 is 4.74 Å². The van der Waals surface area contributed by atoms with Crippen LogP contribution in [0.25, 0.3) is 0 Å². The zero-order valence-corrected chi connectivity index (χ0v) is 12.9. The van der Waals surface area contributed by atoms with E-state index >= 15 is 0 Å². The molecule has 0 amide bonds. The first-order chi connectivity index (χ1) is 9.47. The van der Waals surface area contributed by atoms with Crippen LogP contribution >= 0.6 is 15.9 Å². The molecule has 2 aromatic rings. The van der Waals surface area contributed by atoms with Crippen LogP contribution in [-0.2, 0) is 6.61 Å². The molecule has 0 spiro atoms. The topological polar surface area (TPSA) is 29.5 Å². The number of rotatable bonds is 4. The summed E-state index contributed by atoms with van der Waals surface area (Å²) in [5.41, 5.74) is 2.48. The molecule has 0 saturated carbocycles. The van der Waals surface area contributed by atoms with E-state index in [0.717, 1.165) is 15.6 Å². The SMILES string of the molecule is Cc1ccc(F)cc1COc1cc(Br)ccc1[C@@H](C)O. The third kappa shape index (κ3) is 3.58. The molecule has 20 heavy (non-hydrogen) atoms. The van der Waals surface area contributed by atoms with E-state index in [-0.39, 0.29) is 12.4 Å². The third-order valence-corrected chi connectivity index (χ3v) is 3.61. The number of hydrogen-bond acceptors (Lipinski definition) is 2. The fourth-order valence-electron chi connectivity index (χ4n) is 1.93. The molecule has 0 heterocycles. The van der Waals surface area contributed by atoms with Gasteiger partial charge in [-0.25, -0.2) is 4.39 Å². The molecule has 0 unspecified atom stereocenters. The van der Waals surface area contributed by atoms with Crippen molar-refractivity contribution in [2.75, 3.05) is 0 Å². The van der Waals surface area contributed by atoms with Crippen LogP contribution in [0.2, 0.25) is 0 Å². The van der Waals surface area contributed by atoms with Gasteiger partial charge in [0.2, 0.25) is 0 Å². The lowest BCUT2D eigenvalue weighted by Gasteiger charge is -2.15. The Morgan fingerprint density at radius 3 is 2.70 bits per heavy atom. The highest BCUT2D eigenvalue weighted by Crippen LogP contribution is 2.29. The lowest BCUT2D eigenvalue weighted by molar-refractivity contribution is 0.190. The zero-order chi connectivity index (χ0) is 14.7. The molecule has 1 atom stereocenters. The van der Waals surface area contributed by atoms with Crippen molar-refractivity contribution in [1.82, 2.24) is 0 Å². The molecule has 0 radical (unpaired) electrons. The van der Waals surface area contributed by atoms with Crippen molar-refractivity contribution in [3.63, 3.8) is 0 Å². The molecule has 0 bridgehead atoms. The number of aliphatic hydroxyl groups excluding tert-OH is 1. The molecule has 0 aliphatic carbocycles. The lowest BCUT2D eigenvalue weighted by Crippen LogP contribution is -2.02. The van der Waals surface area contributed by atoms with Gasteiger partial charge in [0.25, 0.3) is 0 Å². The highest BCUT2D eigenvalue weighted by Gasteiger charge is 2.10. The van der Waals surface area contributed by atoms with Crippen molar-refractivity contribution in [2.24, 2.45) is 0 Å². The maximum Gasteiger partial charge on any atom is 0.126 e. The minimum atomic E-state index is -0.619. The Morgan fingerprint density at radius 1 is 1.25 bits per heavy atom. The fraction of sp³-hybridized carbons (Fsp3) is 0.250. The average Bonchev–Trinajstić information content (AvgIpc) is 2.39. The van der Waals surface area contributed by atoms with Gasteiger partial charge in [0, 0.05) is 10.0 Å². The van der Waals surface area contributed by atoms with E-state index in [4.69, 9.17) is 4.74 Å². The van der Waals surface area contributed by atoms with E-state index in [9.17, 15) is 9.50 Å². The van der Waals surface area contributed by atoms with Gasteiger partial charge in [-0.1, -0.05) is 28.1 Å². The number of benzene rings is 2. The Bertz CT molecular complexity index is 611. The summed E-state index contributed by atoms with van der Waals surface area (Å²) < 4.78 is 19.9. The van der Waals surface area contributed by atoms with Gasteiger partial charge in [0.1, 0.15) is 18.2 Å². The van der Waals surface area contributed by atoms with E-state index in [0.29, 0.717) is 11.3 Å². The van der Waals surface area contributed by atoms with Crippen LogP contribution in [-0.4, -0.2) is 5.11 Å². The van der Waals surface area contributed by atoms with Crippen LogP contribution in [0.3, 0.4) is 0 Å². The molecule has 2 rings (SSSR count). The smallest absolute Gasteiger partial charge is 0.126 e. The van der Waals surface area contributed by atoms with Gasteiger partial charge in [0.05, 0.1) is 6.10 Å². The van der Waals surface area contributed by atoms with Gasteiger partial charge < -0.3 is 9.84 Å². The van der Waals surface area contributed by atoms with Crippen molar-refractivity contribution in [3.05, 3.63) is 63.4 Å². The fourth-order valence-corrected chi connectivity index (χ4v) is 2.27. The molecule has 0 aromatic heterocycles. The number of ether oxygens (including phenoxy) is 1. The van der Waals surface area contributed by atoms with E-state index < -0.39 is 6.10 Å². The Hall–Kier alpha value is -1.39. The largest absolute Gasteiger partial charge is 0.488 e. The van der Waals surface area contributed by atoms with E-state index in [1.807, 2.05) is 19.1 Å². The zero-order valence-electron chi connectivity index (χ0n) is 11.4. The molecule has 0 aliphatic rings. The first-order valence-corrected chi connectivity index (χ1v) is 7.12. The monoisotopic (exact) mass is 338 g/mol. The molecule has 106 valence electrons. The number of aryl methyl sites for hydroxylation is 1. The molecule has 4 heteroatoms. The predicted octanol–water partition coefficient (Wildman–Crippen LogP) is 4.53. The molecule has 0 fully saturated rings. The summed E-state index contributed by atoms with van der Waals surface area (Å²) in [6.45, 7) is 3.86. The van der Waals surface area contributed by atoms with Gasteiger partial charge in [-0.05, 0) is 49.2 Å². The summed E-state index contributed by atoms with van der Waals surface area (Å²) in [6, 6.07) is 10.1. The van der Waals surface area contributed by atoms with Crippen LogP contribution in [0, 0.1) is 12.7 Å². The van der Waals surface area contributed by atoms with Crippen LogP contribution in [0.1, 0.15) is 29.7 Å². The van der Waals surface area contributed by atoms with E-state index in [1.165, 1.54) is 12.1 Å². The van der Waals surface area contributed by atoms with Crippen LogP contribution in [0.4, 0.5) is 4.39 Å². The summed E-state index contributed by atoms with van der Waals surface area (Å²) >= 11 is 3.38. The normalized spacial score (nSPS) is 12.2. The molecule has 2 nitrogen and oxygen atoms in total. The van der Waals surface area contributed by atoms with Gasteiger partial charge in [-0.15, -0.1) is 0 Å². The summed E-state index contributed by atoms with van der Waals surface area (Å²) in [5.74, 6) is 0.317. The molecule has 0 saturated heterocycles. The van der Waals surface area contributed by atoms with E-state index in [1.54, 1.807) is 19.1 Å². The lowest BCUT2D eigenvalue weighted by atomic mass is 10.1. The number of halogens is 2. The summed E-state index contributed by atoms with van der Waals surface area (Å²) in [4.78, 5) is 0. The number of hydrogen-bond donors (Lipinski definition) is 1. The first kappa shape index (κ1) is 15.0. The summed E-state index contributed by atoms with van der Waals surface area (Å²) in [7, 11) is 0.